The van der Waals surface area contributed by atoms with Crippen LogP contribution >= 0.6 is 0 Å². The lowest BCUT2D eigenvalue weighted by atomic mass is 10.1. The van der Waals surface area contributed by atoms with E-state index in [-0.39, 0.29) is 5.75 Å². The molecule has 0 aliphatic heterocycles. The van der Waals surface area contributed by atoms with Gasteiger partial charge in [0.2, 0.25) is 5.43 Å². The SMILES string of the molecule is Cc1cc(C)cc(N=Nc2cccc(O)c(=O)c2)c1. The Morgan fingerprint density at radius 2 is 1.53 bits per heavy atom. The van der Waals surface area contributed by atoms with Crippen LogP contribution in [-0.4, -0.2) is 5.11 Å². The molecule has 0 saturated heterocycles. The average Bonchev–Trinajstić information content (AvgIpc) is 2.48. The Balaban J connectivity index is 2.35. The molecule has 96 valence electrons. The lowest BCUT2D eigenvalue weighted by molar-refractivity contribution is 0.471. The largest absolute Gasteiger partial charge is 0.504 e. The molecule has 0 aliphatic carbocycles. The molecule has 0 spiro atoms. The zero-order chi connectivity index (χ0) is 13.8. The van der Waals surface area contributed by atoms with Crippen LogP contribution in [0.1, 0.15) is 11.1 Å². The van der Waals surface area contributed by atoms with Gasteiger partial charge in [-0.15, -0.1) is 0 Å². The molecule has 1 N–H and O–H groups in total. The van der Waals surface area contributed by atoms with E-state index in [1.165, 1.54) is 12.1 Å². The van der Waals surface area contributed by atoms with E-state index in [0.717, 1.165) is 16.8 Å². The summed E-state index contributed by atoms with van der Waals surface area (Å²) in [5.74, 6) is -0.298. The lowest BCUT2D eigenvalue weighted by Crippen LogP contribution is -1.91. The van der Waals surface area contributed by atoms with Crippen LogP contribution < -0.4 is 5.43 Å². The predicted molar refractivity (Wildman–Crippen MR) is 74.5 cm³/mol. The molecule has 0 bridgehead atoms. The normalized spacial score (nSPS) is 10.8. The quantitative estimate of drug-likeness (QED) is 0.829. The van der Waals surface area contributed by atoms with Gasteiger partial charge in [-0.1, -0.05) is 12.1 Å². The van der Waals surface area contributed by atoms with E-state index in [9.17, 15) is 9.90 Å². The third kappa shape index (κ3) is 3.48. The minimum atomic E-state index is -0.473. The summed E-state index contributed by atoms with van der Waals surface area (Å²) in [5, 5.41) is 17.4. The molecule has 2 aromatic rings. The van der Waals surface area contributed by atoms with Crippen LogP contribution in [0.3, 0.4) is 0 Å². The van der Waals surface area contributed by atoms with Crippen LogP contribution in [0.15, 0.2) is 57.5 Å². The number of benzene rings is 1. The Kier molecular flexibility index (Phi) is 3.71. The molecule has 4 nitrogen and oxygen atoms in total. The average molecular weight is 254 g/mol. The van der Waals surface area contributed by atoms with Gasteiger partial charge in [0.25, 0.3) is 0 Å². The van der Waals surface area contributed by atoms with Crippen LogP contribution in [0.5, 0.6) is 5.75 Å². The van der Waals surface area contributed by atoms with Crippen molar-refractivity contribution >= 4 is 11.4 Å². The summed E-state index contributed by atoms with van der Waals surface area (Å²) in [6.45, 7) is 3.98. The Morgan fingerprint density at radius 3 is 2.21 bits per heavy atom. The van der Waals surface area contributed by atoms with Crippen molar-refractivity contribution in [3.63, 3.8) is 0 Å². The molecular formula is C15H14N2O2. The van der Waals surface area contributed by atoms with Crippen molar-refractivity contribution in [1.82, 2.24) is 0 Å². The molecule has 0 unspecified atom stereocenters. The maximum atomic E-state index is 11.4. The van der Waals surface area contributed by atoms with E-state index in [4.69, 9.17) is 0 Å². The zero-order valence-electron chi connectivity index (χ0n) is 10.8. The fourth-order valence-electron chi connectivity index (χ4n) is 1.76. The number of aromatic hydroxyl groups is 1. The van der Waals surface area contributed by atoms with E-state index in [1.807, 2.05) is 26.0 Å². The van der Waals surface area contributed by atoms with Gasteiger partial charge >= 0.3 is 0 Å². The highest BCUT2D eigenvalue weighted by molar-refractivity contribution is 5.44. The van der Waals surface area contributed by atoms with Crippen molar-refractivity contribution in [2.45, 2.75) is 13.8 Å². The summed E-state index contributed by atoms with van der Waals surface area (Å²) >= 11 is 0. The molecule has 0 heterocycles. The Morgan fingerprint density at radius 1 is 0.895 bits per heavy atom. The zero-order valence-corrected chi connectivity index (χ0v) is 10.8. The maximum Gasteiger partial charge on any atom is 0.222 e. The molecule has 19 heavy (non-hydrogen) atoms. The summed E-state index contributed by atoms with van der Waals surface area (Å²) < 4.78 is 0. The van der Waals surface area contributed by atoms with Crippen LogP contribution in [0.25, 0.3) is 0 Å². The standard InChI is InChI=1S/C15H14N2O2/c1-10-6-11(2)8-13(7-10)17-16-12-4-3-5-14(18)15(19)9-12/h3-9H,1-2H3,(H,18,19). The van der Waals surface area contributed by atoms with Crippen LogP contribution in [0.4, 0.5) is 11.4 Å². The van der Waals surface area contributed by atoms with Crippen LogP contribution in [0.2, 0.25) is 0 Å². The van der Waals surface area contributed by atoms with Gasteiger partial charge in [0.05, 0.1) is 11.4 Å². The van der Waals surface area contributed by atoms with E-state index in [2.05, 4.69) is 16.3 Å². The van der Waals surface area contributed by atoms with Crippen molar-refractivity contribution in [2.75, 3.05) is 0 Å². The third-order valence-electron chi connectivity index (χ3n) is 2.54. The molecule has 2 rings (SSSR count). The summed E-state index contributed by atoms with van der Waals surface area (Å²) in [5.41, 5.74) is 2.88. The number of hydrogen-bond acceptors (Lipinski definition) is 4. The van der Waals surface area contributed by atoms with Gasteiger partial charge in [-0.25, -0.2) is 0 Å². The second kappa shape index (κ2) is 5.44. The van der Waals surface area contributed by atoms with Crippen molar-refractivity contribution in [3.05, 3.63) is 63.8 Å². The molecule has 2 aromatic carbocycles. The first-order chi connectivity index (χ1) is 9.04. The second-order valence-corrected chi connectivity index (χ2v) is 4.39. The minimum Gasteiger partial charge on any atom is -0.504 e. The molecule has 0 aromatic heterocycles. The van der Waals surface area contributed by atoms with Crippen LogP contribution in [-0.2, 0) is 0 Å². The van der Waals surface area contributed by atoms with E-state index >= 15 is 0 Å². The van der Waals surface area contributed by atoms with Gasteiger partial charge in [-0.2, -0.15) is 10.2 Å². The van der Waals surface area contributed by atoms with Crippen molar-refractivity contribution in [3.8, 4) is 5.75 Å². The van der Waals surface area contributed by atoms with Crippen LogP contribution in [0, 0.1) is 13.8 Å². The second-order valence-electron chi connectivity index (χ2n) is 4.39. The highest BCUT2D eigenvalue weighted by Gasteiger charge is 1.96. The monoisotopic (exact) mass is 254 g/mol. The maximum absolute atomic E-state index is 11.4. The Hall–Kier alpha value is -2.49. The Bertz CT molecular complexity index is 674. The van der Waals surface area contributed by atoms with Crippen molar-refractivity contribution in [2.24, 2.45) is 10.2 Å². The number of nitrogens with zero attached hydrogens (tertiary/aromatic N) is 2. The highest BCUT2D eigenvalue weighted by Crippen LogP contribution is 2.20. The Labute approximate surface area is 111 Å². The first-order valence-electron chi connectivity index (χ1n) is 5.88. The lowest BCUT2D eigenvalue weighted by Gasteiger charge is -1.98. The smallest absolute Gasteiger partial charge is 0.222 e. The number of hydrogen-bond donors (Lipinski definition) is 1. The molecule has 0 radical (unpaired) electrons. The summed E-state index contributed by atoms with van der Waals surface area (Å²) in [4.78, 5) is 11.4. The number of aryl methyl sites for hydroxylation is 2. The van der Waals surface area contributed by atoms with Gasteiger partial charge in [-0.3, -0.25) is 4.79 Å². The van der Waals surface area contributed by atoms with Gasteiger partial charge in [0.15, 0.2) is 5.75 Å². The molecule has 4 heteroatoms. The molecule has 0 atom stereocenters. The summed E-state index contributed by atoms with van der Waals surface area (Å²) in [6, 6.07) is 11.6. The van der Waals surface area contributed by atoms with Gasteiger partial charge < -0.3 is 5.11 Å². The fourth-order valence-corrected chi connectivity index (χ4v) is 1.76. The third-order valence-corrected chi connectivity index (χ3v) is 2.54. The topological polar surface area (TPSA) is 62.0 Å². The van der Waals surface area contributed by atoms with E-state index in [0.29, 0.717) is 5.69 Å². The van der Waals surface area contributed by atoms with Gasteiger partial charge in [0.1, 0.15) is 0 Å². The summed E-state index contributed by atoms with van der Waals surface area (Å²) in [7, 11) is 0. The van der Waals surface area contributed by atoms with Crippen molar-refractivity contribution in [1.29, 1.82) is 0 Å². The van der Waals surface area contributed by atoms with Crippen molar-refractivity contribution < 1.29 is 5.11 Å². The number of azo groups is 1. The summed E-state index contributed by atoms with van der Waals surface area (Å²) in [6.07, 6.45) is 0. The first kappa shape index (κ1) is 13.0. The molecule has 0 aliphatic rings. The van der Waals surface area contributed by atoms with Gasteiger partial charge in [0, 0.05) is 6.07 Å². The predicted octanol–water partition coefficient (Wildman–Crippen LogP) is 3.78. The molecule has 0 saturated carbocycles. The van der Waals surface area contributed by atoms with E-state index in [1.54, 1.807) is 12.1 Å². The molecular weight excluding hydrogens is 240 g/mol. The fraction of sp³-hybridized carbons (Fsp3) is 0.133. The molecule has 0 amide bonds. The molecule has 0 fully saturated rings. The minimum absolute atomic E-state index is 0.298. The number of rotatable bonds is 2. The first-order valence-corrected chi connectivity index (χ1v) is 5.88. The van der Waals surface area contributed by atoms with E-state index < -0.39 is 5.43 Å². The van der Waals surface area contributed by atoms with Gasteiger partial charge in [-0.05, 0) is 49.2 Å². The highest BCUT2D eigenvalue weighted by atomic mass is 16.3.